The largest absolute Gasteiger partial charge is 0.573 e. The molecule has 0 saturated heterocycles. The molecule has 12 heteroatoms. The minimum atomic E-state index is -4.87. The summed E-state index contributed by atoms with van der Waals surface area (Å²) < 4.78 is 51.5. The summed E-state index contributed by atoms with van der Waals surface area (Å²) in [5.74, 6) is -0.480. The number of hydrogen-bond donors (Lipinski definition) is 0. The van der Waals surface area contributed by atoms with Gasteiger partial charge in [0.15, 0.2) is 11.2 Å². The van der Waals surface area contributed by atoms with Gasteiger partial charge in [0.25, 0.3) is 5.56 Å². The number of halogens is 4. The summed E-state index contributed by atoms with van der Waals surface area (Å²) in [5.41, 5.74) is -0.127. The van der Waals surface area contributed by atoms with Crippen molar-refractivity contribution >= 4 is 22.8 Å². The summed E-state index contributed by atoms with van der Waals surface area (Å²) in [6, 6.07) is 11.7. The van der Waals surface area contributed by atoms with Gasteiger partial charge in [-0.05, 0) is 36.2 Å². The van der Waals surface area contributed by atoms with Crippen LogP contribution in [0.5, 0.6) is 17.5 Å². The van der Waals surface area contributed by atoms with Gasteiger partial charge in [0.2, 0.25) is 0 Å². The van der Waals surface area contributed by atoms with Crippen LogP contribution in [0.3, 0.4) is 0 Å². The first-order valence-electron chi connectivity index (χ1n) is 10.6. The summed E-state index contributed by atoms with van der Waals surface area (Å²) in [6.07, 6.45) is -4.32. The van der Waals surface area contributed by atoms with Crippen molar-refractivity contribution in [3.63, 3.8) is 0 Å². The quantitative estimate of drug-likeness (QED) is 0.361. The minimum Gasteiger partial charge on any atom is -0.425 e. The van der Waals surface area contributed by atoms with Crippen molar-refractivity contribution in [2.45, 2.75) is 32.8 Å². The van der Waals surface area contributed by atoms with Crippen LogP contribution in [-0.2, 0) is 20.1 Å². The number of rotatable bonds is 7. The first kappa shape index (κ1) is 24.4. The summed E-state index contributed by atoms with van der Waals surface area (Å²) in [4.78, 5) is 30.4. The van der Waals surface area contributed by atoms with Crippen LogP contribution in [0.2, 0.25) is 5.02 Å². The number of imidazole rings is 1. The predicted molar refractivity (Wildman–Crippen MR) is 123 cm³/mol. The Labute approximate surface area is 201 Å². The molecule has 0 radical (unpaired) electrons. The van der Waals surface area contributed by atoms with Crippen molar-refractivity contribution in [3.8, 4) is 17.5 Å². The molecule has 0 aliphatic rings. The Kier molecular flexibility index (Phi) is 6.62. The van der Waals surface area contributed by atoms with E-state index in [9.17, 15) is 22.8 Å². The second-order valence-corrected chi connectivity index (χ2v) is 8.14. The standard InChI is InChI=1S/C23H20ClF3N4O4/c1-3-11-30-20(32)18-19(29(2)22(30)33)28-21(31(18)13-14-7-9-15(24)10-8-14)34-16-5-4-6-17(12-16)35-23(25,26)27/h4-10,12H,3,11,13H2,1-2H3. The van der Waals surface area contributed by atoms with Gasteiger partial charge >= 0.3 is 18.1 Å². The Morgan fingerprint density at radius 1 is 1.03 bits per heavy atom. The van der Waals surface area contributed by atoms with E-state index in [2.05, 4.69) is 9.72 Å². The van der Waals surface area contributed by atoms with Crippen molar-refractivity contribution in [1.82, 2.24) is 18.7 Å². The van der Waals surface area contributed by atoms with Gasteiger partial charge < -0.3 is 9.47 Å². The molecule has 0 spiro atoms. The molecule has 0 unspecified atom stereocenters. The van der Waals surface area contributed by atoms with Crippen molar-refractivity contribution in [2.24, 2.45) is 7.05 Å². The van der Waals surface area contributed by atoms with E-state index >= 15 is 0 Å². The number of ether oxygens (including phenoxy) is 2. The maximum absolute atomic E-state index is 13.3. The van der Waals surface area contributed by atoms with E-state index in [0.29, 0.717) is 11.4 Å². The lowest BCUT2D eigenvalue weighted by molar-refractivity contribution is -0.274. The summed E-state index contributed by atoms with van der Waals surface area (Å²) in [6.45, 7) is 2.17. The summed E-state index contributed by atoms with van der Waals surface area (Å²) in [5, 5.41) is 0.523. The normalized spacial score (nSPS) is 11.7. The highest BCUT2D eigenvalue weighted by atomic mass is 35.5. The van der Waals surface area contributed by atoms with Crippen LogP contribution >= 0.6 is 11.6 Å². The third-order valence-corrected chi connectivity index (χ3v) is 5.40. The number of nitrogens with zero attached hydrogens (tertiary/aromatic N) is 4. The molecule has 2 aromatic heterocycles. The van der Waals surface area contributed by atoms with Gasteiger partial charge in [0.1, 0.15) is 11.5 Å². The van der Waals surface area contributed by atoms with Crippen LogP contribution in [0, 0.1) is 0 Å². The Bertz CT molecular complexity index is 1490. The van der Waals surface area contributed by atoms with Crippen molar-refractivity contribution in [3.05, 3.63) is 80.0 Å². The average Bonchev–Trinajstić information content (AvgIpc) is 3.14. The first-order chi connectivity index (χ1) is 16.6. The SMILES string of the molecule is CCCn1c(=O)c2c(nc(Oc3cccc(OC(F)(F)F)c3)n2Cc2ccc(Cl)cc2)n(C)c1=O. The van der Waals surface area contributed by atoms with E-state index in [1.54, 1.807) is 24.3 Å². The van der Waals surface area contributed by atoms with Crippen LogP contribution in [0.1, 0.15) is 18.9 Å². The lowest BCUT2D eigenvalue weighted by atomic mass is 10.2. The summed E-state index contributed by atoms with van der Waals surface area (Å²) >= 11 is 5.98. The van der Waals surface area contributed by atoms with E-state index in [0.717, 1.165) is 22.3 Å². The van der Waals surface area contributed by atoms with Gasteiger partial charge in [-0.2, -0.15) is 4.98 Å². The molecule has 0 N–H and O–H groups in total. The van der Waals surface area contributed by atoms with Crippen LogP contribution in [0.25, 0.3) is 11.2 Å². The third kappa shape index (κ3) is 5.19. The molecule has 2 aromatic carbocycles. The zero-order chi connectivity index (χ0) is 25.3. The molecule has 8 nitrogen and oxygen atoms in total. The Morgan fingerprint density at radius 3 is 2.37 bits per heavy atom. The van der Waals surface area contributed by atoms with Gasteiger partial charge in [0, 0.05) is 24.7 Å². The molecule has 0 atom stereocenters. The molecule has 2 heterocycles. The predicted octanol–water partition coefficient (Wildman–Crippen LogP) is 4.70. The minimum absolute atomic E-state index is 0.00158. The second-order valence-electron chi connectivity index (χ2n) is 7.70. The average molecular weight is 509 g/mol. The fourth-order valence-corrected chi connectivity index (χ4v) is 3.74. The van der Waals surface area contributed by atoms with Gasteiger partial charge in [-0.3, -0.25) is 18.5 Å². The van der Waals surface area contributed by atoms with Crippen LogP contribution < -0.4 is 20.7 Å². The maximum Gasteiger partial charge on any atom is 0.573 e. The molecule has 0 fully saturated rings. The van der Waals surface area contributed by atoms with Crippen molar-refractivity contribution in [1.29, 1.82) is 0 Å². The molecule has 0 saturated carbocycles. The smallest absolute Gasteiger partial charge is 0.425 e. The fourth-order valence-electron chi connectivity index (χ4n) is 3.61. The van der Waals surface area contributed by atoms with Crippen LogP contribution in [0.4, 0.5) is 13.2 Å². The molecule has 0 bridgehead atoms. The topological polar surface area (TPSA) is 80.3 Å². The van der Waals surface area contributed by atoms with E-state index in [4.69, 9.17) is 16.3 Å². The molecule has 184 valence electrons. The van der Waals surface area contributed by atoms with E-state index in [-0.39, 0.29) is 36.0 Å². The Hall–Kier alpha value is -3.73. The van der Waals surface area contributed by atoms with Crippen LogP contribution in [0.15, 0.2) is 58.1 Å². The first-order valence-corrected chi connectivity index (χ1v) is 10.9. The highest BCUT2D eigenvalue weighted by molar-refractivity contribution is 6.30. The molecule has 0 amide bonds. The molecule has 0 aliphatic carbocycles. The third-order valence-electron chi connectivity index (χ3n) is 5.15. The van der Waals surface area contributed by atoms with Crippen molar-refractivity contribution in [2.75, 3.05) is 0 Å². The Balaban J connectivity index is 1.88. The number of benzene rings is 2. The zero-order valence-corrected chi connectivity index (χ0v) is 19.4. The van der Waals surface area contributed by atoms with Gasteiger partial charge in [-0.25, -0.2) is 4.79 Å². The monoisotopic (exact) mass is 508 g/mol. The number of aryl methyl sites for hydroxylation is 1. The molecule has 0 aliphatic heterocycles. The lowest BCUT2D eigenvalue weighted by Gasteiger charge is -2.12. The molecule has 35 heavy (non-hydrogen) atoms. The highest BCUT2D eigenvalue weighted by Gasteiger charge is 2.31. The lowest BCUT2D eigenvalue weighted by Crippen LogP contribution is -2.39. The number of alkyl halides is 3. The van der Waals surface area contributed by atoms with Crippen LogP contribution in [-0.4, -0.2) is 25.0 Å². The number of aromatic nitrogens is 4. The second kappa shape index (κ2) is 9.49. The van der Waals surface area contributed by atoms with E-state index in [1.807, 2.05) is 6.92 Å². The molecule has 4 rings (SSSR count). The summed E-state index contributed by atoms with van der Waals surface area (Å²) in [7, 11) is 1.48. The molecule has 4 aromatic rings. The highest BCUT2D eigenvalue weighted by Crippen LogP contribution is 2.30. The Morgan fingerprint density at radius 2 is 1.71 bits per heavy atom. The van der Waals surface area contributed by atoms with Crippen molar-refractivity contribution < 1.29 is 22.6 Å². The fraction of sp³-hybridized carbons (Fsp3) is 0.261. The van der Waals surface area contributed by atoms with E-state index in [1.165, 1.54) is 28.3 Å². The molecular formula is C23H20ClF3N4O4. The maximum atomic E-state index is 13.3. The van der Waals surface area contributed by atoms with Gasteiger partial charge in [0.05, 0.1) is 6.54 Å². The number of hydrogen-bond acceptors (Lipinski definition) is 5. The zero-order valence-electron chi connectivity index (χ0n) is 18.7. The van der Waals surface area contributed by atoms with Gasteiger partial charge in [-0.1, -0.05) is 36.7 Å². The van der Waals surface area contributed by atoms with E-state index < -0.39 is 23.4 Å². The molecular weight excluding hydrogens is 489 g/mol. The number of fused-ring (bicyclic) bond motifs is 1. The van der Waals surface area contributed by atoms with Gasteiger partial charge in [-0.15, -0.1) is 13.2 Å².